The molecule has 202 valence electrons. The first kappa shape index (κ1) is 28.1. The molecule has 1 aliphatic rings. The maximum Gasteiger partial charge on any atom is 0.337 e. The smallest absolute Gasteiger partial charge is 0.337 e. The number of benzodiazepines with no additional fused rings is 1. The topological polar surface area (TPSA) is 133 Å². The summed E-state index contributed by atoms with van der Waals surface area (Å²) < 4.78 is 0. The quantitative estimate of drug-likeness (QED) is 0.318. The number of hydrogen-bond donors (Lipinski definition) is 3. The number of nitrogens with two attached hydrogens (primary N) is 1. The second-order valence-corrected chi connectivity index (χ2v) is 9.12. The number of aliphatic imine (C=N–C) groups is 1. The number of carboxylic acids is 1. The Labute approximate surface area is 232 Å². The monoisotopic (exact) mass is 535 g/mol. The molecule has 1 amide bonds. The summed E-state index contributed by atoms with van der Waals surface area (Å²) in [4.78, 5) is 42.3. The van der Waals surface area contributed by atoms with Gasteiger partial charge in [-0.05, 0) is 24.1 Å². The number of nitrogens with zero attached hydrogens (tertiary/aromatic N) is 2. The number of aliphatic hydroxyl groups excluding tert-OH is 1. The number of anilines is 1. The second kappa shape index (κ2) is 12.8. The van der Waals surface area contributed by atoms with Crippen LogP contribution in [0.2, 0.25) is 0 Å². The Morgan fingerprint density at radius 3 is 2.10 bits per heavy atom. The average Bonchev–Trinajstić information content (AvgIpc) is 3.08. The number of para-hydroxylation sites is 1. The van der Waals surface area contributed by atoms with Gasteiger partial charge in [0.05, 0.1) is 17.9 Å². The predicted octanol–water partition coefficient (Wildman–Crippen LogP) is 4.15. The molecule has 0 aliphatic carbocycles. The Bertz CT molecular complexity index is 1540. The molecule has 8 heteroatoms. The first-order valence-electron chi connectivity index (χ1n) is 12.6. The third-order valence-electron chi connectivity index (χ3n) is 6.38. The van der Waals surface area contributed by atoms with Gasteiger partial charge < -0.3 is 20.8 Å². The third kappa shape index (κ3) is 6.37. The highest BCUT2D eigenvalue weighted by atomic mass is 16.4. The number of aliphatic hydroxyl groups is 1. The maximum atomic E-state index is 13.1. The number of rotatable bonds is 6. The van der Waals surface area contributed by atoms with E-state index < -0.39 is 24.1 Å². The fraction of sp³-hybridized carbons (Fsp3) is 0.125. The number of amides is 1. The van der Waals surface area contributed by atoms with Gasteiger partial charge in [-0.2, -0.15) is 0 Å². The van der Waals surface area contributed by atoms with Gasteiger partial charge in [-0.25, -0.2) is 4.79 Å². The molecule has 1 aliphatic heterocycles. The molecule has 4 aromatic rings. The zero-order chi connectivity index (χ0) is 28.6. The summed E-state index contributed by atoms with van der Waals surface area (Å²) in [7, 11) is 0. The summed E-state index contributed by atoms with van der Waals surface area (Å²) in [6.45, 7) is 1.79. The van der Waals surface area contributed by atoms with E-state index in [0.717, 1.165) is 16.7 Å². The molecule has 2 unspecified atom stereocenters. The molecule has 0 fully saturated rings. The van der Waals surface area contributed by atoms with Gasteiger partial charge >= 0.3 is 5.97 Å². The number of carboxylic acid groups (broad SMARTS) is 1. The zero-order valence-corrected chi connectivity index (χ0v) is 21.8. The minimum absolute atomic E-state index is 0.0913. The van der Waals surface area contributed by atoms with Crippen molar-refractivity contribution in [3.63, 3.8) is 0 Å². The van der Waals surface area contributed by atoms with E-state index in [9.17, 15) is 14.4 Å². The standard InChI is InChI=1S/C24H21N3O2.C8H8O3/c1-16-9-5-6-12-18(16)21(28)15-27-20-14-8-7-13-19(20)22(26-23(25)24(27)29)17-10-3-2-4-11-17;9-7(8(10)11)6-4-2-1-3-5-6/h2-14,23H,15,25H2,1H3;1-5,7,9H,(H,10,11). The highest BCUT2D eigenvalue weighted by Gasteiger charge is 2.31. The van der Waals surface area contributed by atoms with Gasteiger partial charge in [-0.1, -0.05) is 103 Å². The van der Waals surface area contributed by atoms with Gasteiger partial charge in [0.15, 0.2) is 18.1 Å². The largest absolute Gasteiger partial charge is 0.479 e. The number of carbonyl (C=O) groups is 3. The molecule has 4 N–H and O–H groups in total. The molecule has 1 heterocycles. The number of aliphatic carboxylic acids is 1. The lowest BCUT2D eigenvalue weighted by molar-refractivity contribution is -0.147. The van der Waals surface area contributed by atoms with Crippen molar-refractivity contribution in [3.8, 4) is 0 Å². The molecule has 0 aromatic heterocycles. The third-order valence-corrected chi connectivity index (χ3v) is 6.38. The lowest BCUT2D eigenvalue weighted by Crippen LogP contribution is -2.44. The summed E-state index contributed by atoms with van der Waals surface area (Å²) in [6.07, 6.45) is -2.49. The molecule has 0 bridgehead atoms. The number of fused-ring (bicyclic) bond motifs is 1. The lowest BCUT2D eigenvalue weighted by atomic mass is 9.99. The van der Waals surface area contributed by atoms with E-state index in [0.29, 0.717) is 22.5 Å². The molecule has 2 atom stereocenters. The SMILES string of the molecule is Cc1ccccc1C(=O)CN1C(=O)C(N)N=C(c2ccccc2)c2ccccc21.O=C(O)C(O)c1ccccc1. The van der Waals surface area contributed by atoms with Crippen LogP contribution in [0, 0.1) is 6.92 Å². The van der Waals surface area contributed by atoms with Crippen molar-refractivity contribution in [1.29, 1.82) is 0 Å². The Balaban J connectivity index is 0.000000283. The molecule has 8 nitrogen and oxygen atoms in total. The van der Waals surface area contributed by atoms with Crippen LogP contribution in [0.15, 0.2) is 114 Å². The zero-order valence-electron chi connectivity index (χ0n) is 21.8. The Hall–Kier alpha value is -4.92. The van der Waals surface area contributed by atoms with Crippen LogP contribution < -0.4 is 10.6 Å². The number of hydrogen-bond acceptors (Lipinski definition) is 6. The molecule has 0 saturated carbocycles. The van der Waals surface area contributed by atoms with Crippen LogP contribution in [-0.4, -0.2) is 46.3 Å². The van der Waals surface area contributed by atoms with Crippen molar-refractivity contribution in [3.05, 3.63) is 137 Å². The molecule has 5 rings (SSSR count). The fourth-order valence-electron chi connectivity index (χ4n) is 4.33. The van der Waals surface area contributed by atoms with E-state index in [2.05, 4.69) is 4.99 Å². The van der Waals surface area contributed by atoms with E-state index in [-0.39, 0.29) is 12.3 Å². The van der Waals surface area contributed by atoms with Crippen LogP contribution in [0.5, 0.6) is 0 Å². The van der Waals surface area contributed by atoms with E-state index >= 15 is 0 Å². The van der Waals surface area contributed by atoms with Crippen molar-refractivity contribution in [1.82, 2.24) is 0 Å². The molecule has 0 saturated heterocycles. The Kier molecular flexibility index (Phi) is 8.96. The van der Waals surface area contributed by atoms with Gasteiger partial charge in [-0.15, -0.1) is 0 Å². The molecule has 0 spiro atoms. The molecule has 40 heavy (non-hydrogen) atoms. The summed E-state index contributed by atoms with van der Waals surface area (Å²) in [5.41, 5.74) is 10.9. The van der Waals surface area contributed by atoms with Crippen molar-refractivity contribution in [2.75, 3.05) is 11.4 Å². The summed E-state index contributed by atoms with van der Waals surface area (Å²) >= 11 is 0. The molecule has 4 aromatic carbocycles. The van der Waals surface area contributed by atoms with Gasteiger partial charge in [0.25, 0.3) is 5.91 Å². The highest BCUT2D eigenvalue weighted by Crippen LogP contribution is 2.28. The maximum absolute atomic E-state index is 13.1. The van der Waals surface area contributed by atoms with Gasteiger partial charge in [-0.3, -0.25) is 14.6 Å². The fourth-order valence-corrected chi connectivity index (χ4v) is 4.33. The van der Waals surface area contributed by atoms with Gasteiger partial charge in [0.2, 0.25) is 0 Å². The number of Topliss-reactive ketones (excluding diaryl/α,β-unsaturated/α-hetero) is 1. The average molecular weight is 536 g/mol. The van der Waals surface area contributed by atoms with Crippen LogP contribution >= 0.6 is 0 Å². The predicted molar refractivity (Wildman–Crippen MR) is 153 cm³/mol. The summed E-state index contributed by atoms with van der Waals surface area (Å²) in [5.74, 6) is -1.76. The number of ketones is 1. The minimum atomic E-state index is -1.41. The molecule has 0 radical (unpaired) electrons. The van der Waals surface area contributed by atoms with Crippen LogP contribution in [0.3, 0.4) is 0 Å². The van der Waals surface area contributed by atoms with Gasteiger partial charge in [0, 0.05) is 16.7 Å². The number of carbonyl (C=O) groups excluding carboxylic acids is 2. The molecular formula is C32H29N3O5. The van der Waals surface area contributed by atoms with E-state index in [4.69, 9.17) is 15.9 Å². The van der Waals surface area contributed by atoms with Crippen LogP contribution in [0.4, 0.5) is 5.69 Å². The summed E-state index contributed by atoms with van der Waals surface area (Å²) in [5, 5.41) is 17.4. The summed E-state index contributed by atoms with van der Waals surface area (Å²) in [6, 6.07) is 32.7. The van der Waals surface area contributed by atoms with Crippen LogP contribution in [0.1, 0.15) is 38.7 Å². The minimum Gasteiger partial charge on any atom is -0.479 e. The van der Waals surface area contributed by atoms with Crippen molar-refractivity contribution >= 4 is 29.1 Å². The van der Waals surface area contributed by atoms with Crippen LogP contribution in [-0.2, 0) is 9.59 Å². The van der Waals surface area contributed by atoms with E-state index in [1.807, 2.05) is 79.7 Å². The Morgan fingerprint density at radius 1 is 0.875 bits per heavy atom. The van der Waals surface area contributed by atoms with Crippen molar-refractivity contribution in [2.24, 2.45) is 10.7 Å². The Morgan fingerprint density at radius 2 is 1.45 bits per heavy atom. The van der Waals surface area contributed by atoms with Gasteiger partial charge in [0.1, 0.15) is 0 Å². The second-order valence-electron chi connectivity index (χ2n) is 9.12. The highest BCUT2D eigenvalue weighted by molar-refractivity contribution is 6.21. The first-order valence-corrected chi connectivity index (χ1v) is 12.6. The first-order chi connectivity index (χ1) is 19.3. The van der Waals surface area contributed by atoms with Crippen molar-refractivity contribution < 1.29 is 24.6 Å². The van der Waals surface area contributed by atoms with Crippen LogP contribution in [0.25, 0.3) is 0 Å². The normalized spacial score (nSPS) is 15.1. The lowest BCUT2D eigenvalue weighted by Gasteiger charge is -2.24. The molecular weight excluding hydrogens is 506 g/mol. The number of aryl methyl sites for hydroxylation is 1. The van der Waals surface area contributed by atoms with E-state index in [1.165, 1.54) is 4.90 Å². The number of benzene rings is 4. The van der Waals surface area contributed by atoms with E-state index in [1.54, 1.807) is 36.4 Å². The van der Waals surface area contributed by atoms with Crippen molar-refractivity contribution in [2.45, 2.75) is 19.2 Å².